The summed E-state index contributed by atoms with van der Waals surface area (Å²) in [5, 5.41) is 6.99. The molecule has 11 aromatic carbocycles. The van der Waals surface area contributed by atoms with Gasteiger partial charge < -0.3 is 22.1 Å². The molecule has 0 saturated carbocycles. The zero-order chi connectivity index (χ0) is 81.4. The minimum absolute atomic E-state index is 0.0149. The summed E-state index contributed by atoms with van der Waals surface area (Å²) in [4.78, 5) is 62.0. The Morgan fingerprint density at radius 3 is 1.10 bits per heavy atom. The molecule has 0 amide bonds. The van der Waals surface area contributed by atoms with Crippen molar-refractivity contribution in [2.45, 2.75) is 173 Å². The molecule has 5 aromatic heterocycles. The molecular formula is C105H104O10. The number of fused-ring (bicyclic) bond motifs is 6. The van der Waals surface area contributed by atoms with Crippen molar-refractivity contribution in [1.29, 1.82) is 0 Å². The summed E-state index contributed by atoms with van der Waals surface area (Å²) in [6.45, 7) is 27.6. The normalized spacial score (nSPS) is 11.1. The van der Waals surface area contributed by atoms with Crippen molar-refractivity contribution in [2.24, 2.45) is 0 Å². The Morgan fingerprint density at radius 2 is 0.565 bits per heavy atom. The van der Waals surface area contributed by atoms with Gasteiger partial charge in [-0.3, -0.25) is 4.79 Å². The monoisotopic (exact) mass is 1520 g/mol. The second-order valence-corrected chi connectivity index (χ2v) is 29.2. The lowest BCUT2D eigenvalue weighted by Crippen LogP contribution is -2.04. The van der Waals surface area contributed by atoms with Crippen LogP contribution in [0.2, 0.25) is 0 Å². The number of benzene rings is 11. The van der Waals surface area contributed by atoms with Gasteiger partial charge >= 0.3 is 22.5 Å². The zero-order valence-corrected chi connectivity index (χ0v) is 68.8. The smallest absolute Gasteiger partial charge is 0.344 e. The molecule has 0 bridgehead atoms. The van der Waals surface area contributed by atoms with E-state index in [-0.39, 0.29) is 27.9 Å². The van der Waals surface area contributed by atoms with Crippen LogP contribution in [-0.4, -0.2) is 0 Å². The summed E-state index contributed by atoms with van der Waals surface area (Å²) in [7, 11) is 0. The molecule has 10 heteroatoms. The third-order valence-corrected chi connectivity index (χ3v) is 22.1. The highest BCUT2D eigenvalue weighted by molar-refractivity contribution is 5.91. The number of aryl methyl sites for hydroxylation is 13. The molecule has 115 heavy (non-hydrogen) atoms. The van der Waals surface area contributed by atoms with Crippen LogP contribution < -0.4 is 27.9 Å². The van der Waals surface area contributed by atoms with Gasteiger partial charge in [-0.2, -0.15) is 0 Å². The molecule has 16 aromatic rings. The molecule has 0 saturated heterocycles. The van der Waals surface area contributed by atoms with Gasteiger partial charge in [0.05, 0.1) is 27.6 Å². The Hall–Kier alpha value is -12.3. The highest BCUT2D eigenvalue weighted by Gasteiger charge is 2.17. The van der Waals surface area contributed by atoms with Gasteiger partial charge in [0, 0.05) is 33.2 Å². The zero-order valence-electron chi connectivity index (χ0n) is 68.8. The van der Waals surface area contributed by atoms with E-state index in [9.17, 15) is 24.0 Å². The van der Waals surface area contributed by atoms with Gasteiger partial charge in [-0.1, -0.05) is 248 Å². The van der Waals surface area contributed by atoms with Gasteiger partial charge in [-0.25, -0.2) is 19.2 Å². The largest absolute Gasteiger partial charge is 0.456 e. The first-order valence-corrected chi connectivity index (χ1v) is 41.2. The Bertz CT molecular complexity index is 6440. The van der Waals surface area contributed by atoms with Crippen molar-refractivity contribution in [3.63, 3.8) is 0 Å². The fraction of sp³-hybridized carbons (Fsp3) is 0.248. The van der Waals surface area contributed by atoms with E-state index in [2.05, 4.69) is 199 Å². The Morgan fingerprint density at radius 1 is 0.200 bits per heavy atom. The highest BCUT2D eigenvalue weighted by atomic mass is 16.4. The van der Waals surface area contributed by atoms with Crippen LogP contribution in [0.3, 0.4) is 0 Å². The Labute approximate surface area is 673 Å². The van der Waals surface area contributed by atoms with E-state index in [0.29, 0.717) is 55.7 Å². The summed E-state index contributed by atoms with van der Waals surface area (Å²) in [5.41, 5.74) is 25.5. The minimum atomic E-state index is -0.279. The number of rotatable bonds is 18. The average molecular weight is 1530 g/mol. The van der Waals surface area contributed by atoms with Crippen LogP contribution in [0.1, 0.15) is 162 Å². The van der Waals surface area contributed by atoms with Crippen molar-refractivity contribution in [2.75, 3.05) is 0 Å². The van der Waals surface area contributed by atoms with Gasteiger partial charge in [-0.15, -0.1) is 0 Å². The summed E-state index contributed by atoms with van der Waals surface area (Å²) in [6.07, 6.45) is 12.5. The summed E-state index contributed by atoms with van der Waals surface area (Å²) < 4.78 is 28.4. The Kier molecular flexibility index (Phi) is 27.2. The summed E-state index contributed by atoms with van der Waals surface area (Å²) in [6, 6.07) is 79.1. The molecule has 0 fully saturated rings. The first-order chi connectivity index (χ1) is 55.8. The van der Waals surface area contributed by atoms with Gasteiger partial charge in [-0.05, 0) is 262 Å². The molecule has 0 atom stereocenters. The molecule has 0 spiro atoms. The van der Waals surface area contributed by atoms with Crippen LogP contribution in [0.5, 0.6) is 0 Å². The number of hydrogen-bond acceptors (Lipinski definition) is 10. The molecule has 0 aliphatic carbocycles. The molecule has 584 valence electrons. The van der Waals surface area contributed by atoms with E-state index < -0.39 is 0 Å². The fourth-order valence-corrected chi connectivity index (χ4v) is 14.7. The van der Waals surface area contributed by atoms with Crippen LogP contribution in [0.25, 0.3) is 121 Å². The van der Waals surface area contributed by atoms with Crippen molar-refractivity contribution >= 4 is 65.6 Å². The molecule has 0 unspecified atom stereocenters. The lowest BCUT2D eigenvalue weighted by molar-refractivity contribution is 0.559. The quantitative estimate of drug-likeness (QED) is 0.0759. The molecule has 0 aliphatic rings. The topological polar surface area (TPSA) is 151 Å². The first kappa shape index (κ1) is 82.2. The number of hydrogen-bond donors (Lipinski definition) is 0. The SMILES string of the molecule is CCc1ccc(-c2cc(=O)c3cc(CC)ccc3o2)cc1.CCc1ccc(-c2cc3c(CC)cc(CC)cc3oc2=O)cc1.CCc1ccc(-c2cc3cc(CC)cc(CC)c3oc2=O)cc1.CCc1ccc(-c2cc3ccc(CC)cc3oc2=O)cc1.CCc1ccc2cc(-c3cc4cc(CC)c(CC)cc4oc3=O)ccc2c1. The van der Waals surface area contributed by atoms with Gasteiger partial charge in [0.2, 0.25) is 0 Å². The molecule has 16 rings (SSSR count). The lowest BCUT2D eigenvalue weighted by Gasteiger charge is -2.09. The van der Waals surface area contributed by atoms with Gasteiger partial charge in [0.25, 0.3) is 0 Å². The van der Waals surface area contributed by atoms with Crippen LogP contribution in [0, 0.1) is 0 Å². The third kappa shape index (κ3) is 19.2. The molecule has 5 heterocycles. The standard InChI is InChI=1S/C25H24O2.2C21H22O2.2C19H18O2/c1-4-16-7-8-20-13-21(10-9-19(20)11-16)23-14-22-12-17(5-2)18(6-3)15-24(22)27-25(23)26;1-4-14-7-9-17(10-8-14)19-13-18-16(6-3)11-15(5-2)12-20(18)23-21(19)22;1-4-14-7-9-17(10-8-14)19-13-18-12-15(5-2)11-16(6-3)20(18)23-21(19)22;1-3-13-5-8-15(9-6-13)19-12-17(20)16-11-14(4-2)7-10-18(16)21-19;1-3-13-5-8-15(9-6-13)17-12-16-10-7-14(4-2)11-18(16)21-19(17)20/h7-15H,4-6H2,1-3H3;2*7-13H,4-6H2,1-3H3;2*5-12H,3-4H2,1-2H3. The van der Waals surface area contributed by atoms with Gasteiger partial charge in [0.15, 0.2) is 5.43 Å². The average Bonchev–Trinajstić information content (AvgIpc) is 0.799. The lowest BCUT2D eigenvalue weighted by atomic mass is 9.97. The van der Waals surface area contributed by atoms with E-state index >= 15 is 0 Å². The second kappa shape index (κ2) is 38.0. The van der Waals surface area contributed by atoms with Crippen LogP contribution in [0.15, 0.2) is 283 Å². The van der Waals surface area contributed by atoms with E-state index in [4.69, 9.17) is 22.1 Å². The first-order valence-electron chi connectivity index (χ1n) is 41.2. The molecule has 0 aliphatic heterocycles. The van der Waals surface area contributed by atoms with Crippen LogP contribution >= 0.6 is 0 Å². The maximum absolute atomic E-state index is 12.7. The molecule has 10 nitrogen and oxygen atoms in total. The van der Waals surface area contributed by atoms with Crippen LogP contribution in [0.4, 0.5) is 0 Å². The van der Waals surface area contributed by atoms with Crippen LogP contribution in [-0.2, 0) is 83.5 Å². The third-order valence-electron chi connectivity index (χ3n) is 22.1. The van der Waals surface area contributed by atoms with E-state index in [1.165, 1.54) is 66.6 Å². The molecule has 0 radical (unpaired) electrons. The van der Waals surface area contributed by atoms with Crippen molar-refractivity contribution < 1.29 is 22.1 Å². The van der Waals surface area contributed by atoms with Crippen molar-refractivity contribution in [3.8, 4) is 55.8 Å². The minimum Gasteiger partial charge on any atom is -0.456 e. The Balaban J connectivity index is 0.000000133. The molecule has 0 N–H and O–H groups in total. The van der Waals surface area contributed by atoms with E-state index in [1.807, 2.05) is 121 Å². The van der Waals surface area contributed by atoms with E-state index in [0.717, 1.165) is 155 Å². The fourth-order valence-electron chi connectivity index (χ4n) is 14.7. The predicted molar refractivity (Wildman–Crippen MR) is 479 cm³/mol. The van der Waals surface area contributed by atoms with Crippen molar-refractivity contribution in [3.05, 3.63) is 361 Å². The maximum Gasteiger partial charge on any atom is 0.344 e. The molecular weight excluding hydrogens is 1420 g/mol. The summed E-state index contributed by atoms with van der Waals surface area (Å²) >= 11 is 0. The second-order valence-electron chi connectivity index (χ2n) is 29.2. The highest BCUT2D eigenvalue weighted by Crippen LogP contribution is 2.33. The van der Waals surface area contributed by atoms with Crippen molar-refractivity contribution in [1.82, 2.24) is 0 Å². The summed E-state index contributed by atoms with van der Waals surface area (Å²) in [5.74, 6) is 0.624. The van der Waals surface area contributed by atoms with Gasteiger partial charge in [0.1, 0.15) is 33.7 Å². The predicted octanol–water partition coefficient (Wildman–Crippen LogP) is 25.8. The maximum atomic E-state index is 12.7. The van der Waals surface area contributed by atoms with E-state index in [1.54, 1.807) is 6.07 Å².